The summed E-state index contributed by atoms with van der Waals surface area (Å²) in [6, 6.07) is 9.00. The van der Waals surface area contributed by atoms with Gasteiger partial charge in [0.15, 0.2) is 11.7 Å². The van der Waals surface area contributed by atoms with E-state index in [4.69, 9.17) is 10.5 Å². The van der Waals surface area contributed by atoms with Crippen molar-refractivity contribution in [1.29, 1.82) is 0 Å². The van der Waals surface area contributed by atoms with E-state index in [0.29, 0.717) is 11.4 Å². The van der Waals surface area contributed by atoms with E-state index in [1.807, 2.05) is 0 Å². The van der Waals surface area contributed by atoms with Crippen molar-refractivity contribution < 1.29 is 22.6 Å². The zero-order chi connectivity index (χ0) is 17.6. The highest BCUT2D eigenvalue weighted by molar-refractivity contribution is 14.0. The van der Waals surface area contributed by atoms with Gasteiger partial charge in [-0.2, -0.15) is 0 Å². The van der Waals surface area contributed by atoms with Gasteiger partial charge in [-0.1, -0.05) is 18.2 Å². The Labute approximate surface area is 159 Å². The normalized spacial score (nSPS) is 11.4. The summed E-state index contributed by atoms with van der Waals surface area (Å²) in [5, 5.41) is 2.58. The first kappa shape index (κ1) is 20.8. The molecule has 1 aromatic heterocycles. The number of alkyl halides is 3. The summed E-state index contributed by atoms with van der Waals surface area (Å²) in [5.74, 6) is -0.0731. The fourth-order valence-electron chi connectivity index (χ4n) is 1.86. The Morgan fingerprint density at radius 1 is 1.24 bits per heavy atom. The molecule has 10 heteroatoms. The highest BCUT2D eigenvalue weighted by atomic mass is 127. The Bertz CT molecular complexity index is 726. The van der Waals surface area contributed by atoms with Gasteiger partial charge in [0.05, 0.1) is 19.3 Å². The monoisotopic (exact) mass is 468 g/mol. The van der Waals surface area contributed by atoms with E-state index >= 15 is 0 Å². The first-order chi connectivity index (χ1) is 11.4. The topological polar surface area (TPSA) is 81.8 Å². The van der Waals surface area contributed by atoms with Gasteiger partial charge in [0.25, 0.3) is 0 Å². The molecule has 0 radical (unpaired) electrons. The van der Waals surface area contributed by atoms with Crippen LogP contribution >= 0.6 is 24.0 Å². The molecule has 6 nitrogen and oxygen atoms in total. The summed E-state index contributed by atoms with van der Waals surface area (Å²) in [7, 11) is 1.47. The molecule has 0 aliphatic heterocycles. The average Bonchev–Trinajstić information content (AvgIpc) is 2.53. The highest BCUT2D eigenvalue weighted by Crippen LogP contribution is 2.29. The van der Waals surface area contributed by atoms with Gasteiger partial charge in [-0.3, -0.25) is 0 Å². The van der Waals surface area contributed by atoms with Crippen molar-refractivity contribution in [3.05, 3.63) is 48.2 Å². The number of guanidine groups is 1. The minimum atomic E-state index is -4.80. The van der Waals surface area contributed by atoms with E-state index in [1.54, 1.807) is 24.4 Å². The number of hydrogen-bond acceptors (Lipinski definition) is 4. The van der Waals surface area contributed by atoms with Gasteiger partial charge in [0.1, 0.15) is 0 Å². The lowest BCUT2D eigenvalue weighted by atomic mass is 10.3. The molecule has 0 atom stereocenters. The molecule has 0 unspecified atom stereocenters. The fraction of sp³-hybridized carbons (Fsp3) is 0.200. The van der Waals surface area contributed by atoms with Crippen LogP contribution in [0.4, 0.5) is 18.9 Å². The van der Waals surface area contributed by atoms with Crippen molar-refractivity contribution in [1.82, 2.24) is 4.98 Å². The van der Waals surface area contributed by atoms with Crippen molar-refractivity contribution in [2.75, 3.05) is 12.4 Å². The predicted octanol–water partition coefficient (Wildman–Crippen LogP) is 3.53. The molecule has 0 spiro atoms. The number of pyridine rings is 1. The van der Waals surface area contributed by atoms with Crippen LogP contribution in [-0.2, 0) is 6.54 Å². The van der Waals surface area contributed by atoms with Crippen LogP contribution in [0.3, 0.4) is 0 Å². The molecule has 3 N–H and O–H groups in total. The van der Waals surface area contributed by atoms with Crippen molar-refractivity contribution in [3.63, 3.8) is 0 Å². The minimum Gasteiger partial charge on any atom is -0.481 e. The molecule has 0 fully saturated rings. The van der Waals surface area contributed by atoms with Gasteiger partial charge in [0.2, 0.25) is 5.88 Å². The lowest BCUT2D eigenvalue weighted by Crippen LogP contribution is -2.24. The summed E-state index contributed by atoms with van der Waals surface area (Å²) in [5.41, 5.74) is 6.45. The third-order valence-corrected chi connectivity index (χ3v) is 2.84. The Hall–Kier alpha value is -2.24. The van der Waals surface area contributed by atoms with Crippen molar-refractivity contribution in [2.45, 2.75) is 12.9 Å². The van der Waals surface area contributed by atoms with Crippen LogP contribution in [0.5, 0.6) is 11.6 Å². The van der Waals surface area contributed by atoms with Gasteiger partial charge in [0, 0.05) is 11.8 Å². The predicted molar refractivity (Wildman–Crippen MR) is 98.3 cm³/mol. The number of benzene rings is 1. The fourth-order valence-corrected chi connectivity index (χ4v) is 1.86. The number of aliphatic imine (C=N–C) groups is 1. The molecular weight excluding hydrogens is 452 g/mol. The zero-order valence-corrected chi connectivity index (χ0v) is 15.4. The maximum absolute atomic E-state index is 12.4. The van der Waals surface area contributed by atoms with E-state index < -0.39 is 12.1 Å². The lowest BCUT2D eigenvalue weighted by Gasteiger charge is -2.14. The molecule has 0 saturated carbocycles. The molecular formula is C15H16F3IN4O2. The maximum Gasteiger partial charge on any atom is 0.573 e. The number of nitrogens with zero attached hydrogens (tertiary/aromatic N) is 2. The number of aromatic nitrogens is 1. The molecule has 0 amide bonds. The van der Waals surface area contributed by atoms with E-state index in [9.17, 15) is 13.2 Å². The number of anilines is 1. The van der Waals surface area contributed by atoms with Crippen molar-refractivity contribution in [3.8, 4) is 11.6 Å². The summed E-state index contributed by atoms with van der Waals surface area (Å²) < 4.78 is 46.2. The first-order valence-corrected chi connectivity index (χ1v) is 6.78. The van der Waals surface area contributed by atoms with Gasteiger partial charge in [-0.15, -0.1) is 37.1 Å². The van der Waals surface area contributed by atoms with Gasteiger partial charge < -0.3 is 20.5 Å². The van der Waals surface area contributed by atoms with Gasteiger partial charge in [-0.05, 0) is 18.2 Å². The molecule has 2 aromatic rings. The standard InChI is InChI=1S/C15H15F3N4O2.HI/c1-23-13-10(5-4-8-20-13)9-21-14(19)22-11-6-2-3-7-12(11)24-15(16,17)18;/h2-8H,9H2,1H3,(H3,19,21,22);1H. The summed E-state index contributed by atoms with van der Waals surface area (Å²) in [6.45, 7) is 0.151. The SMILES string of the molecule is COc1ncccc1CN=C(N)Nc1ccccc1OC(F)(F)F.I. The second-order valence-electron chi connectivity index (χ2n) is 4.54. The van der Waals surface area contributed by atoms with E-state index in [1.165, 1.54) is 25.3 Å². The second-order valence-corrected chi connectivity index (χ2v) is 4.54. The first-order valence-electron chi connectivity index (χ1n) is 6.78. The number of halogens is 4. The second kappa shape index (κ2) is 9.30. The number of methoxy groups -OCH3 is 1. The van der Waals surface area contributed by atoms with Crippen LogP contribution in [0.25, 0.3) is 0 Å². The molecule has 0 aliphatic carbocycles. The summed E-state index contributed by atoms with van der Waals surface area (Å²) in [4.78, 5) is 8.08. The smallest absolute Gasteiger partial charge is 0.481 e. The lowest BCUT2D eigenvalue weighted by molar-refractivity contribution is -0.274. The third kappa shape index (κ3) is 6.64. The number of ether oxygens (including phenoxy) is 2. The van der Waals surface area contributed by atoms with Crippen molar-refractivity contribution in [2.24, 2.45) is 10.7 Å². The molecule has 2 rings (SSSR count). The van der Waals surface area contributed by atoms with Crippen LogP contribution in [-0.4, -0.2) is 24.4 Å². The number of para-hydroxylation sites is 2. The molecule has 25 heavy (non-hydrogen) atoms. The third-order valence-electron chi connectivity index (χ3n) is 2.84. The van der Waals surface area contributed by atoms with Crippen LogP contribution < -0.4 is 20.5 Å². The van der Waals surface area contributed by atoms with Crippen LogP contribution in [0, 0.1) is 0 Å². The largest absolute Gasteiger partial charge is 0.573 e. The van der Waals surface area contributed by atoms with Crippen LogP contribution in [0.1, 0.15) is 5.56 Å². The van der Waals surface area contributed by atoms with Crippen LogP contribution in [0.15, 0.2) is 47.6 Å². The van der Waals surface area contributed by atoms with Crippen molar-refractivity contribution >= 4 is 35.6 Å². The molecule has 136 valence electrons. The Morgan fingerprint density at radius 3 is 2.64 bits per heavy atom. The molecule has 1 heterocycles. The van der Waals surface area contributed by atoms with E-state index in [2.05, 4.69) is 20.0 Å². The van der Waals surface area contributed by atoms with Gasteiger partial charge in [-0.25, -0.2) is 9.98 Å². The van der Waals surface area contributed by atoms with Gasteiger partial charge >= 0.3 is 6.36 Å². The number of nitrogens with two attached hydrogens (primary N) is 1. The Kier molecular flexibility index (Phi) is 7.74. The van der Waals surface area contributed by atoms with E-state index in [0.717, 1.165) is 0 Å². The highest BCUT2D eigenvalue weighted by Gasteiger charge is 2.32. The number of hydrogen-bond donors (Lipinski definition) is 2. The zero-order valence-electron chi connectivity index (χ0n) is 13.1. The molecule has 0 bridgehead atoms. The van der Waals surface area contributed by atoms with Crippen LogP contribution in [0.2, 0.25) is 0 Å². The number of nitrogens with one attached hydrogen (secondary N) is 1. The molecule has 1 aromatic carbocycles. The van der Waals surface area contributed by atoms with E-state index in [-0.39, 0.29) is 42.2 Å². The molecule has 0 aliphatic rings. The summed E-state index contributed by atoms with van der Waals surface area (Å²) >= 11 is 0. The maximum atomic E-state index is 12.4. The summed E-state index contributed by atoms with van der Waals surface area (Å²) in [6.07, 6.45) is -3.23. The quantitative estimate of drug-likeness (QED) is 0.399. The molecule has 0 saturated heterocycles. The average molecular weight is 468 g/mol. The Morgan fingerprint density at radius 2 is 1.96 bits per heavy atom. The Balaban J connectivity index is 0.00000312. The minimum absolute atomic E-state index is 0. The number of rotatable bonds is 5.